The number of nitrogens with zero attached hydrogens (tertiary/aromatic N) is 2. The third kappa shape index (κ3) is 5.97. The van der Waals surface area contributed by atoms with Crippen molar-refractivity contribution in [1.82, 2.24) is 4.90 Å². The predicted molar refractivity (Wildman–Crippen MR) is 117 cm³/mol. The van der Waals surface area contributed by atoms with E-state index in [0.29, 0.717) is 17.9 Å². The molecule has 1 aliphatic heterocycles. The lowest BCUT2D eigenvalue weighted by molar-refractivity contribution is -0.116. The highest BCUT2D eigenvalue weighted by atomic mass is 16.5. The Morgan fingerprint density at radius 3 is 2.37 bits per heavy atom. The van der Waals surface area contributed by atoms with Crippen molar-refractivity contribution in [3.63, 3.8) is 0 Å². The van der Waals surface area contributed by atoms with E-state index in [2.05, 4.69) is 10.2 Å². The zero-order valence-electron chi connectivity index (χ0n) is 17.6. The monoisotopic (exact) mass is 411 g/mol. The van der Waals surface area contributed by atoms with E-state index in [1.54, 1.807) is 31.3 Å². The van der Waals surface area contributed by atoms with Crippen molar-refractivity contribution in [2.24, 2.45) is 0 Å². The van der Waals surface area contributed by atoms with Crippen LogP contribution in [0.1, 0.15) is 23.7 Å². The number of ether oxygens (including phenoxy) is 2. The summed E-state index contributed by atoms with van der Waals surface area (Å²) in [6.45, 7) is 5.84. The highest BCUT2D eigenvalue weighted by molar-refractivity contribution is 5.99. The molecule has 7 nitrogen and oxygen atoms in total. The van der Waals surface area contributed by atoms with Crippen molar-refractivity contribution in [3.05, 3.63) is 54.1 Å². The van der Waals surface area contributed by atoms with E-state index in [9.17, 15) is 9.59 Å². The minimum Gasteiger partial charge on any atom is -0.494 e. The van der Waals surface area contributed by atoms with E-state index in [0.717, 1.165) is 44.2 Å². The van der Waals surface area contributed by atoms with Gasteiger partial charge in [-0.3, -0.25) is 9.59 Å². The molecule has 2 amide bonds. The molecule has 0 unspecified atom stereocenters. The first-order chi connectivity index (χ1) is 14.6. The number of amides is 2. The van der Waals surface area contributed by atoms with E-state index >= 15 is 0 Å². The Hall–Kier alpha value is -3.06. The Labute approximate surface area is 177 Å². The molecule has 3 rings (SSSR count). The molecule has 160 valence electrons. The molecular weight excluding hydrogens is 382 g/mol. The number of morpholine rings is 1. The van der Waals surface area contributed by atoms with Crippen LogP contribution < -0.4 is 15.0 Å². The molecule has 1 aliphatic rings. The van der Waals surface area contributed by atoms with Gasteiger partial charge in [-0.15, -0.1) is 0 Å². The molecule has 1 saturated heterocycles. The van der Waals surface area contributed by atoms with Crippen LogP contribution in [0, 0.1) is 0 Å². The Morgan fingerprint density at radius 2 is 1.73 bits per heavy atom. The number of benzene rings is 2. The van der Waals surface area contributed by atoms with E-state index in [1.807, 2.05) is 31.2 Å². The van der Waals surface area contributed by atoms with Gasteiger partial charge in [0.2, 0.25) is 5.91 Å². The SMILES string of the molecule is CCCOc1ccc(C(=O)N(C)CC(=O)Nc2ccc(N3CCOCC3)cc2)cc1. The molecule has 30 heavy (non-hydrogen) atoms. The maximum atomic E-state index is 12.6. The van der Waals surface area contributed by atoms with Crippen LogP contribution in [0.5, 0.6) is 5.75 Å². The van der Waals surface area contributed by atoms with E-state index in [4.69, 9.17) is 9.47 Å². The summed E-state index contributed by atoms with van der Waals surface area (Å²) in [6.07, 6.45) is 0.925. The summed E-state index contributed by atoms with van der Waals surface area (Å²) in [7, 11) is 1.62. The zero-order chi connectivity index (χ0) is 21.3. The maximum absolute atomic E-state index is 12.6. The van der Waals surface area contributed by atoms with Crippen LogP contribution in [0.3, 0.4) is 0 Å². The number of carbonyl (C=O) groups is 2. The Bertz CT molecular complexity index is 831. The van der Waals surface area contributed by atoms with Crippen LogP contribution in [0.2, 0.25) is 0 Å². The van der Waals surface area contributed by atoms with Gasteiger partial charge in [-0.1, -0.05) is 6.92 Å². The Morgan fingerprint density at radius 1 is 1.07 bits per heavy atom. The molecule has 0 aromatic heterocycles. The highest BCUT2D eigenvalue weighted by Crippen LogP contribution is 2.19. The van der Waals surface area contributed by atoms with Crippen LogP contribution in [-0.4, -0.2) is 63.2 Å². The fourth-order valence-corrected chi connectivity index (χ4v) is 3.20. The van der Waals surface area contributed by atoms with Gasteiger partial charge in [-0.05, 0) is 55.0 Å². The van der Waals surface area contributed by atoms with Gasteiger partial charge in [0.15, 0.2) is 0 Å². The molecule has 2 aromatic rings. The summed E-state index contributed by atoms with van der Waals surface area (Å²) in [6, 6.07) is 14.7. The number of hydrogen-bond acceptors (Lipinski definition) is 5. The molecule has 7 heteroatoms. The lowest BCUT2D eigenvalue weighted by Gasteiger charge is -2.28. The number of nitrogens with one attached hydrogen (secondary N) is 1. The molecule has 0 bridgehead atoms. The largest absolute Gasteiger partial charge is 0.494 e. The molecule has 1 heterocycles. The quantitative estimate of drug-likeness (QED) is 0.723. The van der Waals surface area contributed by atoms with Gasteiger partial charge >= 0.3 is 0 Å². The molecule has 0 spiro atoms. The van der Waals surface area contributed by atoms with Gasteiger partial charge < -0.3 is 24.6 Å². The molecule has 1 N–H and O–H groups in total. The van der Waals surface area contributed by atoms with Gasteiger partial charge in [0.1, 0.15) is 5.75 Å². The normalized spacial score (nSPS) is 13.6. The number of likely N-dealkylation sites (N-methyl/N-ethyl adjacent to an activating group) is 1. The molecule has 0 aliphatic carbocycles. The summed E-state index contributed by atoms with van der Waals surface area (Å²) in [4.78, 5) is 28.6. The van der Waals surface area contributed by atoms with Gasteiger partial charge in [0, 0.05) is 37.1 Å². The van der Waals surface area contributed by atoms with Gasteiger partial charge in [0.05, 0.1) is 26.4 Å². The van der Waals surface area contributed by atoms with E-state index in [1.165, 1.54) is 4.90 Å². The second kappa shape index (κ2) is 10.6. The average molecular weight is 412 g/mol. The minimum atomic E-state index is -0.243. The zero-order valence-corrected chi connectivity index (χ0v) is 17.6. The van der Waals surface area contributed by atoms with Crippen LogP contribution in [0.15, 0.2) is 48.5 Å². The molecule has 2 aromatic carbocycles. The molecule has 1 fully saturated rings. The summed E-state index contributed by atoms with van der Waals surface area (Å²) >= 11 is 0. The first kappa shape index (κ1) is 21.6. The topological polar surface area (TPSA) is 71.1 Å². The third-order valence-corrected chi connectivity index (χ3v) is 4.83. The summed E-state index contributed by atoms with van der Waals surface area (Å²) in [5.74, 6) is 0.275. The van der Waals surface area contributed by atoms with Crippen molar-refractivity contribution in [3.8, 4) is 5.75 Å². The second-order valence-corrected chi connectivity index (χ2v) is 7.23. The first-order valence-corrected chi connectivity index (χ1v) is 10.3. The van der Waals surface area contributed by atoms with Crippen molar-refractivity contribution in [2.45, 2.75) is 13.3 Å². The summed E-state index contributed by atoms with van der Waals surface area (Å²) < 4.78 is 10.9. The number of carbonyl (C=O) groups excluding carboxylic acids is 2. The van der Waals surface area contributed by atoms with E-state index < -0.39 is 0 Å². The standard InChI is InChI=1S/C23H29N3O4/c1-3-14-30-21-10-4-18(5-11-21)23(28)25(2)17-22(27)24-19-6-8-20(9-7-19)26-12-15-29-16-13-26/h4-11H,3,12-17H2,1-2H3,(H,24,27). The van der Waals surface area contributed by atoms with Crippen molar-refractivity contribution in [2.75, 3.05) is 56.7 Å². The number of rotatable bonds is 8. The lowest BCUT2D eigenvalue weighted by Crippen LogP contribution is -2.36. The molecule has 0 saturated carbocycles. The van der Waals surface area contributed by atoms with Crippen LogP contribution in [-0.2, 0) is 9.53 Å². The first-order valence-electron chi connectivity index (χ1n) is 10.3. The van der Waals surface area contributed by atoms with Crippen LogP contribution in [0.4, 0.5) is 11.4 Å². The smallest absolute Gasteiger partial charge is 0.254 e. The maximum Gasteiger partial charge on any atom is 0.254 e. The lowest BCUT2D eigenvalue weighted by atomic mass is 10.2. The van der Waals surface area contributed by atoms with Gasteiger partial charge in [0.25, 0.3) is 5.91 Å². The number of hydrogen-bond donors (Lipinski definition) is 1. The Balaban J connectivity index is 1.50. The fourth-order valence-electron chi connectivity index (χ4n) is 3.20. The molecule has 0 radical (unpaired) electrons. The van der Waals surface area contributed by atoms with Crippen molar-refractivity contribution in [1.29, 1.82) is 0 Å². The molecular formula is C23H29N3O4. The van der Waals surface area contributed by atoms with Crippen LogP contribution >= 0.6 is 0 Å². The van der Waals surface area contributed by atoms with Crippen molar-refractivity contribution < 1.29 is 19.1 Å². The third-order valence-electron chi connectivity index (χ3n) is 4.83. The highest BCUT2D eigenvalue weighted by Gasteiger charge is 2.16. The minimum absolute atomic E-state index is 0.0296. The summed E-state index contributed by atoms with van der Waals surface area (Å²) in [5, 5.41) is 2.85. The van der Waals surface area contributed by atoms with Gasteiger partial charge in [-0.25, -0.2) is 0 Å². The second-order valence-electron chi connectivity index (χ2n) is 7.23. The average Bonchev–Trinajstić information content (AvgIpc) is 2.78. The summed E-state index contributed by atoms with van der Waals surface area (Å²) in [5.41, 5.74) is 2.33. The van der Waals surface area contributed by atoms with Gasteiger partial charge in [-0.2, -0.15) is 0 Å². The fraction of sp³-hybridized carbons (Fsp3) is 0.391. The van der Waals surface area contributed by atoms with Crippen LogP contribution in [0.25, 0.3) is 0 Å². The Kier molecular flexibility index (Phi) is 7.68. The van der Waals surface area contributed by atoms with E-state index in [-0.39, 0.29) is 18.4 Å². The molecule has 0 atom stereocenters. The predicted octanol–water partition coefficient (Wildman–Crippen LogP) is 3.02. The van der Waals surface area contributed by atoms with Crippen molar-refractivity contribution >= 4 is 23.2 Å². The number of anilines is 2.